The molecule has 3 rings (SSSR count). The molecule has 0 saturated carbocycles. The normalized spacial score (nSPS) is 15.1. The van der Waals surface area contributed by atoms with Gasteiger partial charge < -0.3 is 19.7 Å². The molecule has 1 N–H and O–H groups in total. The summed E-state index contributed by atoms with van der Waals surface area (Å²) in [5.74, 6) is 0.845. The Morgan fingerprint density at radius 2 is 1.93 bits per heavy atom. The lowest BCUT2D eigenvalue weighted by Crippen LogP contribution is -2.36. The van der Waals surface area contributed by atoms with E-state index >= 15 is 0 Å². The number of methoxy groups -OCH3 is 2. The first-order valence-electron chi connectivity index (χ1n) is 9.89. The SMILES string of the molecule is COC(=O)CCCN1CCC(n2nccc2NC(=O)c2ccccc2OC)CC1. The van der Waals surface area contributed by atoms with Crippen LogP contribution in [0.25, 0.3) is 0 Å². The molecule has 8 nitrogen and oxygen atoms in total. The molecule has 1 aliphatic rings. The first-order chi connectivity index (χ1) is 14.1. The van der Waals surface area contributed by atoms with Crippen molar-refractivity contribution in [3.63, 3.8) is 0 Å². The van der Waals surface area contributed by atoms with Crippen LogP contribution in [-0.2, 0) is 9.53 Å². The van der Waals surface area contributed by atoms with Gasteiger partial charge in [0.15, 0.2) is 0 Å². The summed E-state index contributed by atoms with van der Waals surface area (Å²) in [7, 11) is 2.97. The number of hydrogen-bond acceptors (Lipinski definition) is 6. The van der Waals surface area contributed by atoms with Gasteiger partial charge in [0.1, 0.15) is 11.6 Å². The van der Waals surface area contributed by atoms with Crippen LogP contribution in [-0.4, -0.2) is 60.4 Å². The first kappa shape index (κ1) is 20.9. The predicted octanol–water partition coefficient (Wildman–Crippen LogP) is 2.73. The van der Waals surface area contributed by atoms with Gasteiger partial charge in [-0.25, -0.2) is 4.68 Å². The van der Waals surface area contributed by atoms with E-state index in [9.17, 15) is 9.59 Å². The molecule has 8 heteroatoms. The van der Waals surface area contributed by atoms with E-state index in [-0.39, 0.29) is 17.9 Å². The second-order valence-electron chi connectivity index (χ2n) is 7.07. The van der Waals surface area contributed by atoms with Crippen LogP contribution < -0.4 is 10.1 Å². The molecule has 1 aliphatic heterocycles. The van der Waals surface area contributed by atoms with Crippen molar-refractivity contribution in [2.75, 3.05) is 39.2 Å². The first-order valence-corrected chi connectivity index (χ1v) is 9.89. The van der Waals surface area contributed by atoms with E-state index in [2.05, 4.69) is 20.1 Å². The van der Waals surface area contributed by atoms with Crippen LogP contribution in [0.3, 0.4) is 0 Å². The van der Waals surface area contributed by atoms with E-state index < -0.39 is 0 Å². The van der Waals surface area contributed by atoms with Gasteiger partial charge >= 0.3 is 5.97 Å². The summed E-state index contributed by atoms with van der Waals surface area (Å²) >= 11 is 0. The van der Waals surface area contributed by atoms with Crippen molar-refractivity contribution in [3.8, 4) is 5.75 Å². The Balaban J connectivity index is 1.56. The van der Waals surface area contributed by atoms with Crippen LogP contribution in [0.2, 0.25) is 0 Å². The molecule has 0 aliphatic carbocycles. The zero-order valence-corrected chi connectivity index (χ0v) is 17.0. The molecule has 0 atom stereocenters. The molecule has 156 valence electrons. The van der Waals surface area contributed by atoms with Crippen molar-refractivity contribution in [2.24, 2.45) is 0 Å². The lowest BCUT2D eigenvalue weighted by atomic mass is 10.0. The van der Waals surface area contributed by atoms with Gasteiger partial charge in [0, 0.05) is 25.6 Å². The van der Waals surface area contributed by atoms with Crippen molar-refractivity contribution in [1.29, 1.82) is 0 Å². The highest BCUT2D eigenvalue weighted by Gasteiger charge is 2.23. The largest absolute Gasteiger partial charge is 0.496 e. The number of benzene rings is 1. The zero-order valence-electron chi connectivity index (χ0n) is 17.0. The van der Waals surface area contributed by atoms with Crippen LogP contribution >= 0.6 is 0 Å². The summed E-state index contributed by atoms with van der Waals surface area (Å²) in [5.41, 5.74) is 0.489. The average molecular weight is 400 g/mol. The second-order valence-corrected chi connectivity index (χ2v) is 7.07. The molecular formula is C21H28N4O4. The maximum atomic E-state index is 12.7. The Morgan fingerprint density at radius 1 is 1.17 bits per heavy atom. The van der Waals surface area contributed by atoms with Crippen molar-refractivity contribution in [1.82, 2.24) is 14.7 Å². The number of carbonyl (C=O) groups is 2. The van der Waals surface area contributed by atoms with Crippen LogP contribution in [0, 0.1) is 0 Å². The minimum absolute atomic E-state index is 0.160. The molecule has 0 bridgehead atoms. The second kappa shape index (κ2) is 10.1. The molecule has 29 heavy (non-hydrogen) atoms. The fourth-order valence-corrected chi connectivity index (χ4v) is 3.66. The maximum absolute atomic E-state index is 12.7. The third-order valence-electron chi connectivity index (χ3n) is 5.25. The van der Waals surface area contributed by atoms with Gasteiger partial charge in [0.2, 0.25) is 0 Å². The fraction of sp³-hybridized carbons (Fsp3) is 0.476. The van der Waals surface area contributed by atoms with E-state index in [4.69, 9.17) is 4.74 Å². The fourth-order valence-electron chi connectivity index (χ4n) is 3.66. The number of nitrogens with zero attached hydrogens (tertiary/aromatic N) is 3. The molecule has 0 spiro atoms. The summed E-state index contributed by atoms with van der Waals surface area (Å²) in [4.78, 5) is 26.3. The van der Waals surface area contributed by atoms with E-state index in [1.807, 2.05) is 22.9 Å². The summed E-state index contributed by atoms with van der Waals surface area (Å²) in [6.07, 6.45) is 4.85. The van der Waals surface area contributed by atoms with Gasteiger partial charge in [0.05, 0.1) is 32.0 Å². The maximum Gasteiger partial charge on any atom is 0.305 e. The summed E-state index contributed by atoms with van der Waals surface area (Å²) in [5, 5.41) is 7.40. The Kier molecular flexibility index (Phi) is 7.24. The number of para-hydroxylation sites is 1. The molecule has 0 radical (unpaired) electrons. The molecule has 0 unspecified atom stereocenters. The van der Waals surface area contributed by atoms with E-state index in [0.29, 0.717) is 23.6 Å². The van der Waals surface area contributed by atoms with Crippen molar-refractivity contribution in [3.05, 3.63) is 42.1 Å². The minimum Gasteiger partial charge on any atom is -0.496 e. The van der Waals surface area contributed by atoms with Crippen molar-refractivity contribution in [2.45, 2.75) is 31.7 Å². The number of hydrogen-bond donors (Lipinski definition) is 1. The van der Waals surface area contributed by atoms with Gasteiger partial charge in [-0.15, -0.1) is 0 Å². The molecule has 1 saturated heterocycles. The number of anilines is 1. The lowest BCUT2D eigenvalue weighted by molar-refractivity contribution is -0.140. The highest BCUT2D eigenvalue weighted by Crippen LogP contribution is 2.26. The van der Waals surface area contributed by atoms with Gasteiger partial charge in [-0.05, 0) is 37.9 Å². The number of aromatic nitrogens is 2. The Labute approximate surface area is 170 Å². The quantitative estimate of drug-likeness (QED) is 0.686. The number of ether oxygens (including phenoxy) is 2. The molecule has 1 fully saturated rings. The van der Waals surface area contributed by atoms with Crippen molar-refractivity contribution >= 4 is 17.7 Å². The minimum atomic E-state index is -0.218. The third kappa shape index (κ3) is 5.35. The number of amides is 1. The van der Waals surface area contributed by atoms with E-state index in [1.54, 1.807) is 25.4 Å². The standard InChI is InChI=1S/C21H28N4O4/c1-28-18-7-4-3-6-17(18)21(27)23-19-9-12-22-25(19)16-10-14-24(15-11-16)13-5-8-20(26)29-2/h3-4,6-7,9,12,16H,5,8,10-11,13-15H2,1-2H3,(H,23,27). The van der Waals surface area contributed by atoms with Crippen molar-refractivity contribution < 1.29 is 19.1 Å². The topological polar surface area (TPSA) is 85.7 Å². The third-order valence-corrected chi connectivity index (χ3v) is 5.25. The predicted molar refractivity (Wildman–Crippen MR) is 109 cm³/mol. The Morgan fingerprint density at radius 3 is 2.66 bits per heavy atom. The average Bonchev–Trinajstić information content (AvgIpc) is 3.22. The Bertz CT molecular complexity index is 828. The van der Waals surface area contributed by atoms with Gasteiger partial charge in [0.25, 0.3) is 5.91 Å². The number of piperidine rings is 1. The molecular weight excluding hydrogens is 372 g/mol. The molecule has 1 aromatic heterocycles. The highest BCUT2D eigenvalue weighted by molar-refractivity contribution is 6.05. The molecule has 1 amide bonds. The van der Waals surface area contributed by atoms with E-state index in [1.165, 1.54) is 7.11 Å². The summed E-state index contributed by atoms with van der Waals surface area (Å²) in [6.45, 7) is 2.76. The smallest absolute Gasteiger partial charge is 0.305 e. The monoisotopic (exact) mass is 400 g/mol. The van der Waals surface area contributed by atoms with Crippen LogP contribution in [0.5, 0.6) is 5.75 Å². The van der Waals surface area contributed by atoms with E-state index in [0.717, 1.165) is 38.9 Å². The highest BCUT2D eigenvalue weighted by atomic mass is 16.5. The van der Waals surface area contributed by atoms with Crippen LogP contribution in [0.15, 0.2) is 36.5 Å². The number of rotatable bonds is 8. The van der Waals surface area contributed by atoms with Gasteiger partial charge in [-0.2, -0.15) is 5.10 Å². The number of esters is 1. The number of carbonyl (C=O) groups excluding carboxylic acids is 2. The van der Waals surface area contributed by atoms with Crippen LogP contribution in [0.4, 0.5) is 5.82 Å². The number of nitrogens with one attached hydrogen (secondary N) is 1. The Hall–Kier alpha value is -2.87. The summed E-state index contributed by atoms with van der Waals surface area (Å²) < 4.78 is 11.9. The molecule has 1 aromatic carbocycles. The van der Waals surface area contributed by atoms with Gasteiger partial charge in [-0.3, -0.25) is 9.59 Å². The summed E-state index contributed by atoms with van der Waals surface area (Å²) in [6, 6.07) is 9.19. The van der Waals surface area contributed by atoms with Crippen LogP contribution in [0.1, 0.15) is 42.1 Å². The lowest BCUT2D eigenvalue weighted by Gasteiger charge is -2.32. The number of likely N-dealkylation sites (tertiary alicyclic amines) is 1. The van der Waals surface area contributed by atoms with Gasteiger partial charge in [-0.1, -0.05) is 12.1 Å². The zero-order chi connectivity index (χ0) is 20.6. The molecule has 2 heterocycles. The molecule has 2 aromatic rings.